The van der Waals surface area contributed by atoms with Crippen molar-refractivity contribution in [1.29, 1.82) is 5.26 Å². The summed E-state index contributed by atoms with van der Waals surface area (Å²) in [5, 5.41) is 18.0. The van der Waals surface area contributed by atoms with Crippen LogP contribution in [0.4, 0.5) is 5.69 Å². The summed E-state index contributed by atoms with van der Waals surface area (Å²) in [5.74, 6) is 2.76. The van der Waals surface area contributed by atoms with Gasteiger partial charge in [-0.15, -0.1) is 10.2 Å². The van der Waals surface area contributed by atoms with Gasteiger partial charge in [-0.2, -0.15) is 5.26 Å². The Morgan fingerprint density at radius 3 is 2.65 bits per heavy atom. The van der Waals surface area contributed by atoms with Crippen LogP contribution in [0.1, 0.15) is 17.3 Å². The summed E-state index contributed by atoms with van der Waals surface area (Å²) >= 11 is 0. The zero-order chi connectivity index (χ0) is 17.7. The van der Waals surface area contributed by atoms with Gasteiger partial charge in [-0.1, -0.05) is 18.2 Å². The van der Waals surface area contributed by atoms with E-state index in [1.54, 1.807) is 12.5 Å². The molecular weight excluding hydrogens is 324 g/mol. The Morgan fingerprint density at radius 2 is 2.00 bits per heavy atom. The number of aromatic nitrogens is 4. The van der Waals surface area contributed by atoms with E-state index >= 15 is 0 Å². The van der Waals surface area contributed by atoms with Crippen LogP contribution in [0.15, 0.2) is 49.1 Å². The van der Waals surface area contributed by atoms with Crippen LogP contribution in [0.2, 0.25) is 0 Å². The van der Waals surface area contributed by atoms with Gasteiger partial charge in [0.05, 0.1) is 11.3 Å². The van der Waals surface area contributed by atoms with Crippen LogP contribution in [0.5, 0.6) is 0 Å². The Morgan fingerprint density at radius 1 is 1.15 bits per heavy atom. The molecule has 1 aliphatic heterocycles. The van der Waals surface area contributed by atoms with Gasteiger partial charge in [0.15, 0.2) is 0 Å². The molecule has 2 aromatic heterocycles. The molecule has 6 nitrogen and oxygen atoms in total. The second-order valence-electron chi connectivity index (χ2n) is 7.11. The van der Waals surface area contributed by atoms with E-state index in [9.17, 15) is 5.26 Å². The molecule has 0 radical (unpaired) electrons. The molecule has 3 aromatic rings. The highest BCUT2D eigenvalue weighted by atomic mass is 15.3. The topological polar surface area (TPSA) is 70.6 Å². The number of benzene rings is 1. The molecule has 26 heavy (non-hydrogen) atoms. The zero-order valence-corrected chi connectivity index (χ0v) is 14.4. The zero-order valence-electron chi connectivity index (χ0n) is 14.4. The highest BCUT2D eigenvalue weighted by molar-refractivity contribution is 5.83. The molecule has 2 atom stereocenters. The van der Waals surface area contributed by atoms with E-state index in [2.05, 4.69) is 32.2 Å². The van der Waals surface area contributed by atoms with Crippen molar-refractivity contribution in [3.63, 3.8) is 0 Å². The molecule has 0 spiro atoms. The average molecular weight is 342 g/mol. The van der Waals surface area contributed by atoms with Crippen molar-refractivity contribution in [2.45, 2.75) is 5.92 Å². The number of aryl methyl sites for hydroxylation is 1. The Labute approximate surface area is 151 Å². The molecule has 1 aliphatic carbocycles. The number of nitrogens with zero attached hydrogens (tertiary/aromatic N) is 6. The number of hydrogen-bond acceptors (Lipinski definition) is 5. The van der Waals surface area contributed by atoms with Crippen molar-refractivity contribution < 1.29 is 0 Å². The molecule has 2 fully saturated rings. The second-order valence-corrected chi connectivity index (χ2v) is 7.11. The van der Waals surface area contributed by atoms with E-state index < -0.39 is 0 Å². The Balaban J connectivity index is 1.48. The summed E-state index contributed by atoms with van der Waals surface area (Å²) < 4.78 is 2.03. The maximum Gasteiger partial charge on any atom is 0.136 e. The molecule has 2 aliphatic rings. The van der Waals surface area contributed by atoms with Crippen LogP contribution < -0.4 is 4.90 Å². The predicted octanol–water partition coefficient (Wildman–Crippen LogP) is 2.60. The fourth-order valence-corrected chi connectivity index (χ4v) is 4.42. The van der Waals surface area contributed by atoms with Crippen LogP contribution in [0, 0.1) is 23.2 Å². The number of anilines is 1. The van der Waals surface area contributed by atoms with E-state index in [4.69, 9.17) is 0 Å². The minimum absolute atomic E-state index is 0.495. The van der Waals surface area contributed by atoms with E-state index in [0.717, 1.165) is 41.3 Å². The SMILES string of the molecule is Cn1cnnc1C1C2CN(c3c(C#N)cccc3-c3cccnc3)CC21. The lowest BCUT2D eigenvalue weighted by atomic mass is 10.0. The van der Waals surface area contributed by atoms with Crippen molar-refractivity contribution in [3.8, 4) is 17.2 Å². The van der Waals surface area contributed by atoms with Crippen LogP contribution >= 0.6 is 0 Å². The fraction of sp³-hybridized carbons (Fsp3) is 0.300. The van der Waals surface area contributed by atoms with Crippen LogP contribution in [-0.2, 0) is 7.05 Å². The third-order valence-corrected chi connectivity index (χ3v) is 5.68. The lowest BCUT2D eigenvalue weighted by Crippen LogP contribution is -2.25. The lowest BCUT2D eigenvalue weighted by Gasteiger charge is -2.26. The monoisotopic (exact) mass is 342 g/mol. The molecule has 2 unspecified atom stereocenters. The summed E-state index contributed by atoms with van der Waals surface area (Å²) in [6.07, 6.45) is 5.40. The van der Waals surface area contributed by atoms with Gasteiger partial charge in [0.1, 0.15) is 18.2 Å². The van der Waals surface area contributed by atoms with Gasteiger partial charge in [-0.05, 0) is 24.0 Å². The molecule has 0 amide bonds. The molecule has 0 N–H and O–H groups in total. The largest absolute Gasteiger partial charge is 0.369 e. The quantitative estimate of drug-likeness (QED) is 0.732. The smallest absolute Gasteiger partial charge is 0.136 e. The summed E-state index contributed by atoms with van der Waals surface area (Å²) in [6, 6.07) is 12.3. The Bertz CT molecular complexity index is 991. The number of nitriles is 1. The van der Waals surface area contributed by atoms with Gasteiger partial charge < -0.3 is 9.47 Å². The first-order valence-corrected chi connectivity index (χ1v) is 8.80. The molecule has 3 heterocycles. The number of fused-ring (bicyclic) bond motifs is 1. The van der Waals surface area contributed by atoms with Crippen molar-refractivity contribution in [3.05, 3.63) is 60.4 Å². The molecule has 1 aromatic carbocycles. The van der Waals surface area contributed by atoms with E-state index in [-0.39, 0.29) is 0 Å². The van der Waals surface area contributed by atoms with Crippen LogP contribution in [0.3, 0.4) is 0 Å². The van der Waals surface area contributed by atoms with Crippen LogP contribution in [-0.4, -0.2) is 32.8 Å². The van der Waals surface area contributed by atoms with Gasteiger partial charge in [-0.3, -0.25) is 4.98 Å². The summed E-state index contributed by atoms with van der Waals surface area (Å²) in [5.41, 5.74) is 3.88. The Kier molecular flexibility index (Phi) is 3.29. The van der Waals surface area contributed by atoms with Gasteiger partial charge in [0.25, 0.3) is 0 Å². The third-order valence-electron chi connectivity index (χ3n) is 5.68. The average Bonchev–Trinajstić information content (AvgIpc) is 3.01. The molecule has 0 bridgehead atoms. The van der Waals surface area contributed by atoms with Gasteiger partial charge in [0, 0.05) is 49.6 Å². The number of pyridine rings is 1. The van der Waals surface area contributed by atoms with E-state index in [0.29, 0.717) is 17.8 Å². The van der Waals surface area contributed by atoms with Crippen molar-refractivity contribution in [2.24, 2.45) is 18.9 Å². The number of rotatable bonds is 3. The molecule has 128 valence electrons. The second kappa shape index (κ2) is 5.67. The first kappa shape index (κ1) is 15.1. The van der Waals surface area contributed by atoms with Crippen molar-refractivity contribution in [1.82, 2.24) is 19.7 Å². The predicted molar refractivity (Wildman–Crippen MR) is 97.3 cm³/mol. The molecule has 1 saturated carbocycles. The standard InChI is InChI=1S/C20H18N6/c1-25-12-23-24-20(25)18-16-10-26(11-17(16)18)19-13(8-21)4-2-6-15(19)14-5-3-7-22-9-14/h2-7,9,12,16-18H,10-11H2,1H3. The fourth-order valence-electron chi connectivity index (χ4n) is 4.42. The maximum atomic E-state index is 9.65. The molecule has 1 saturated heterocycles. The number of hydrogen-bond donors (Lipinski definition) is 0. The highest BCUT2D eigenvalue weighted by Gasteiger charge is 2.58. The minimum atomic E-state index is 0.495. The third kappa shape index (κ3) is 2.21. The normalized spacial score (nSPS) is 23.5. The maximum absolute atomic E-state index is 9.65. The van der Waals surface area contributed by atoms with Gasteiger partial charge in [-0.25, -0.2) is 0 Å². The summed E-state index contributed by atoms with van der Waals surface area (Å²) in [6.45, 7) is 1.91. The lowest BCUT2D eigenvalue weighted by molar-refractivity contribution is 0.684. The van der Waals surface area contributed by atoms with Gasteiger partial charge in [0.2, 0.25) is 0 Å². The summed E-state index contributed by atoms with van der Waals surface area (Å²) in [4.78, 5) is 6.61. The van der Waals surface area contributed by atoms with Gasteiger partial charge >= 0.3 is 0 Å². The van der Waals surface area contributed by atoms with Crippen LogP contribution in [0.25, 0.3) is 11.1 Å². The molecule has 5 rings (SSSR count). The molecular formula is C20H18N6. The van der Waals surface area contributed by atoms with E-state index in [1.165, 1.54) is 0 Å². The highest BCUT2D eigenvalue weighted by Crippen LogP contribution is 2.58. The molecule has 6 heteroatoms. The Hall–Kier alpha value is -3.20. The minimum Gasteiger partial charge on any atom is -0.369 e. The van der Waals surface area contributed by atoms with E-state index in [1.807, 2.05) is 42.1 Å². The van der Waals surface area contributed by atoms with Crippen molar-refractivity contribution >= 4 is 5.69 Å². The number of para-hydroxylation sites is 1. The first-order valence-electron chi connectivity index (χ1n) is 8.80. The first-order chi connectivity index (χ1) is 12.8. The number of piperidine rings is 1. The van der Waals surface area contributed by atoms with Crippen molar-refractivity contribution in [2.75, 3.05) is 18.0 Å². The summed E-state index contributed by atoms with van der Waals surface area (Å²) in [7, 11) is 2.01.